The molecular formula is C36H27B3O3. The van der Waals surface area contributed by atoms with Crippen LogP contribution in [0.3, 0.4) is 0 Å². The minimum Gasteiger partial charge on any atom is -0.445 e. The molecule has 42 heavy (non-hydrogen) atoms. The molecule has 7 rings (SSSR count). The smallest absolute Gasteiger partial charge is 0.445 e. The van der Waals surface area contributed by atoms with E-state index in [1.807, 2.05) is 36.4 Å². The normalized spacial score (nSPS) is 13.3. The van der Waals surface area contributed by atoms with Crippen LogP contribution in [0.5, 0.6) is 0 Å². The van der Waals surface area contributed by atoms with E-state index in [-0.39, 0.29) is 0 Å². The average molecular weight is 540 g/mol. The van der Waals surface area contributed by atoms with Crippen molar-refractivity contribution in [3.63, 3.8) is 0 Å². The summed E-state index contributed by atoms with van der Waals surface area (Å²) < 4.78 is 20.2. The summed E-state index contributed by atoms with van der Waals surface area (Å²) in [4.78, 5) is 0. The van der Waals surface area contributed by atoms with E-state index in [1.54, 1.807) is 0 Å². The molecule has 6 heteroatoms. The van der Waals surface area contributed by atoms with Gasteiger partial charge < -0.3 is 13.7 Å². The molecule has 1 fully saturated rings. The number of hydrogen-bond acceptors (Lipinski definition) is 3. The van der Waals surface area contributed by atoms with Gasteiger partial charge in [0.05, 0.1) is 0 Å². The highest BCUT2D eigenvalue weighted by Crippen LogP contribution is 2.24. The Morgan fingerprint density at radius 2 is 0.500 bits per heavy atom. The van der Waals surface area contributed by atoms with Gasteiger partial charge in [-0.2, -0.15) is 0 Å². The standard InChI is InChI=1S/C36H27B3O3/c1-4-16-28(17-5-1)31-22-10-13-25-34(31)37-40-38(35-26-14-11-23-32(35)29-18-6-2-7-19-29)42-39(41-37)36-27-15-12-24-33(36)30-20-8-3-9-21-30/h1-27H. The van der Waals surface area contributed by atoms with Crippen molar-refractivity contribution < 1.29 is 13.7 Å². The predicted octanol–water partition coefficient (Wildman–Crippen LogP) is 6.24. The van der Waals surface area contributed by atoms with E-state index in [0.717, 1.165) is 49.8 Å². The average Bonchev–Trinajstić information content (AvgIpc) is 3.09. The minimum absolute atomic E-state index is 0.669. The molecule has 0 saturated carbocycles. The Kier molecular flexibility index (Phi) is 7.58. The fourth-order valence-corrected chi connectivity index (χ4v) is 5.62. The molecule has 1 heterocycles. The Balaban J connectivity index is 1.35. The largest absolute Gasteiger partial charge is 0.467 e. The Hall–Kier alpha value is -4.61. The molecule has 6 aromatic rings. The number of rotatable bonds is 6. The Labute approximate surface area is 248 Å². The highest BCUT2D eigenvalue weighted by Gasteiger charge is 2.45. The predicted molar refractivity (Wildman–Crippen MR) is 175 cm³/mol. The fraction of sp³-hybridized carbons (Fsp3) is 0. The topological polar surface area (TPSA) is 27.7 Å². The Bertz CT molecular complexity index is 1560. The van der Waals surface area contributed by atoms with Crippen LogP contribution < -0.4 is 16.4 Å². The van der Waals surface area contributed by atoms with Crippen molar-refractivity contribution in [1.29, 1.82) is 0 Å². The molecule has 0 amide bonds. The van der Waals surface area contributed by atoms with Crippen LogP contribution in [0.1, 0.15) is 0 Å². The maximum atomic E-state index is 6.74. The van der Waals surface area contributed by atoms with Gasteiger partial charge >= 0.3 is 21.4 Å². The first kappa shape index (κ1) is 26.3. The lowest BCUT2D eigenvalue weighted by Gasteiger charge is -2.33. The molecule has 0 atom stereocenters. The van der Waals surface area contributed by atoms with Crippen molar-refractivity contribution in [3.05, 3.63) is 164 Å². The zero-order valence-electron chi connectivity index (χ0n) is 23.0. The second-order valence-corrected chi connectivity index (χ2v) is 10.3. The van der Waals surface area contributed by atoms with E-state index in [4.69, 9.17) is 13.7 Å². The van der Waals surface area contributed by atoms with E-state index in [2.05, 4.69) is 127 Å². The third kappa shape index (κ3) is 5.36. The van der Waals surface area contributed by atoms with Crippen LogP contribution in [0, 0.1) is 0 Å². The van der Waals surface area contributed by atoms with Gasteiger partial charge in [0, 0.05) is 0 Å². The monoisotopic (exact) mass is 540 g/mol. The molecule has 1 aliphatic rings. The summed E-state index contributed by atoms with van der Waals surface area (Å²) in [6.45, 7) is 0. The van der Waals surface area contributed by atoms with Gasteiger partial charge in [0.15, 0.2) is 0 Å². The van der Waals surface area contributed by atoms with Crippen LogP contribution >= 0.6 is 0 Å². The van der Waals surface area contributed by atoms with Crippen molar-refractivity contribution in [3.8, 4) is 33.4 Å². The quantitative estimate of drug-likeness (QED) is 0.235. The number of hydrogen-bond donors (Lipinski definition) is 0. The summed E-state index contributed by atoms with van der Waals surface area (Å²) in [6.07, 6.45) is 0. The molecule has 6 aromatic carbocycles. The van der Waals surface area contributed by atoms with Crippen molar-refractivity contribution in [2.24, 2.45) is 0 Å². The highest BCUT2D eigenvalue weighted by molar-refractivity contribution is 6.88. The molecule has 0 aromatic heterocycles. The van der Waals surface area contributed by atoms with Crippen molar-refractivity contribution >= 4 is 37.7 Å². The summed E-state index contributed by atoms with van der Waals surface area (Å²) in [5.74, 6) is 0. The minimum atomic E-state index is -0.669. The van der Waals surface area contributed by atoms with Crippen molar-refractivity contribution in [2.75, 3.05) is 0 Å². The maximum Gasteiger partial charge on any atom is 0.467 e. The first-order chi connectivity index (χ1) is 20.8. The summed E-state index contributed by atoms with van der Waals surface area (Å²) >= 11 is 0. The molecule has 198 valence electrons. The third-order valence-corrected chi connectivity index (χ3v) is 7.64. The molecule has 0 spiro atoms. The van der Waals surface area contributed by atoms with Crippen LogP contribution in [0.15, 0.2) is 164 Å². The van der Waals surface area contributed by atoms with Gasteiger partial charge in [-0.3, -0.25) is 0 Å². The van der Waals surface area contributed by atoms with Gasteiger partial charge in [-0.1, -0.05) is 164 Å². The van der Waals surface area contributed by atoms with Crippen LogP contribution in [0.25, 0.3) is 33.4 Å². The molecule has 0 N–H and O–H groups in total. The van der Waals surface area contributed by atoms with Gasteiger partial charge in [0.25, 0.3) is 0 Å². The molecule has 0 aliphatic carbocycles. The third-order valence-electron chi connectivity index (χ3n) is 7.64. The zero-order chi connectivity index (χ0) is 28.1. The van der Waals surface area contributed by atoms with Gasteiger partial charge in [0.1, 0.15) is 0 Å². The van der Waals surface area contributed by atoms with Gasteiger partial charge in [-0.25, -0.2) is 0 Å². The lowest BCUT2D eigenvalue weighted by molar-refractivity contribution is 0.309. The van der Waals surface area contributed by atoms with Crippen molar-refractivity contribution in [1.82, 2.24) is 0 Å². The van der Waals surface area contributed by atoms with Crippen LogP contribution in [0.2, 0.25) is 0 Å². The second kappa shape index (κ2) is 12.1. The molecule has 1 saturated heterocycles. The van der Waals surface area contributed by atoms with E-state index >= 15 is 0 Å². The van der Waals surface area contributed by atoms with Crippen LogP contribution in [0.4, 0.5) is 0 Å². The fourth-order valence-electron chi connectivity index (χ4n) is 5.62. The molecule has 0 bridgehead atoms. The van der Waals surface area contributed by atoms with E-state index in [1.165, 1.54) is 0 Å². The summed E-state index contributed by atoms with van der Waals surface area (Å²) in [5.41, 5.74) is 9.38. The van der Waals surface area contributed by atoms with E-state index in [0.29, 0.717) is 0 Å². The highest BCUT2D eigenvalue weighted by atomic mass is 16.7. The Morgan fingerprint density at radius 3 is 0.786 bits per heavy atom. The molecular weight excluding hydrogens is 513 g/mol. The molecule has 0 radical (unpaired) electrons. The number of benzene rings is 6. The molecule has 1 aliphatic heterocycles. The van der Waals surface area contributed by atoms with Crippen LogP contribution in [-0.4, -0.2) is 21.4 Å². The maximum absolute atomic E-state index is 6.74. The van der Waals surface area contributed by atoms with Crippen LogP contribution in [-0.2, 0) is 13.7 Å². The Morgan fingerprint density at radius 1 is 0.262 bits per heavy atom. The van der Waals surface area contributed by atoms with Gasteiger partial charge in [-0.15, -0.1) is 0 Å². The molecule has 3 nitrogen and oxygen atoms in total. The summed E-state index contributed by atoms with van der Waals surface area (Å²) in [7, 11) is -2.01. The summed E-state index contributed by atoms with van der Waals surface area (Å²) in [5, 5.41) is 0. The SMILES string of the molecule is c1ccc(-c2ccccc2B2OB(c3ccccc3-c3ccccc3)OB(c3ccccc3-c3ccccc3)O2)cc1. The summed E-state index contributed by atoms with van der Waals surface area (Å²) in [6, 6.07) is 55.9. The zero-order valence-corrected chi connectivity index (χ0v) is 23.0. The van der Waals surface area contributed by atoms with Gasteiger partial charge in [-0.05, 0) is 49.8 Å². The lowest BCUT2D eigenvalue weighted by Crippen LogP contribution is -2.62. The van der Waals surface area contributed by atoms with Gasteiger partial charge in [0.2, 0.25) is 0 Å². The van der Waals surface area contributed by atoms with Crippen molar-refractivity contribution in [2.45, 2.75) is 0 Å². The second-order valence-electron chi connectivity index (χ2n) is 10.3. The molecule has 0 unspecified atom stereocenters. The first-order valence-corrected chi connectivity index (χ1v) is 14.2. The van der Waals surface area contributed by atoms with E-state index < -0.39 is 21.4 Å². The first-order valence-electron chi connectivity index (χ1n) is 14.2. The lowest BCUT2D eigenvalue weighted by atomic mass is 9.59. The van der Waals surface area contributed by atoms with E-state index in [9.17, 15) is 0 Å².